The zero-order chi connectivity index (χ0) is 35.3. The molecule has 4 aromatic carbocycles. The van der Waals surface area contributed by atoms with Gasteiger partial charge in [-0.1, -0.05) is 56.1 Å². The van der Waals surface area contributed by atoms with Gasteiger partial charge < -0.3 is 20.1 Å². The molecule has 4 aromatic rings. The van der Waals surface area contributed by atoms with E-state index in [1.165, 1.54) is 42.4 Å². The lowest BCUT2D eigenvalue weighted by Gasteiger charge is -2.24. The molecule has 2 N–H and O–H groups in total. The summed E-state index contributed by atoms with van der Waals surface area (Å²) in [6.07, 6.45) is 1.39. The average molecular weight is 831 g/mol. The van der Waals surface area contributed by atoms with Crippen LogP contribution in [-0.4, -0.2) is 51.2 Å². The maximum atomic E-state index is 13.2. The van der Waals surface area contributed by atoms with Crippen LogP contribution < -0.4 is 25.0 Å². The second kappa shape index (κ2) is 22.8. The number of aliphatic imine (C=N–C) groups is 1. The Morgan fingerprint density at radius 3 is 2.04 bits per heavy atom. The van der Waals surface area contributed by atoms with E-state index in [1.807, 2.05) is 24.3 Å². The maximum absolute atomic E-state index is 13.2. The predicted octanol–water partition coefficient (Wildman–Crippen LogP) is 9.32. The van der Waals surface area contributed by atoms with Crippen LogP contribution in [0.4, 0.5) is 25.0 Å². The molecule has 256 valence electrons. The summed E-state index contributed by atoms with van der Waals surface area (Å²) in [7, 11) is 3.18. The molecule has 0 fully saturated rings. The van der Waals surface area contributed by atoms with Gasteiger partial charge in [0.2, 0.25) is 6.08 Å². The molecular formula is C34H34Br2Cl2F2N4O4. The Kier molecular flexibility index (Phi) is 19.3. The molecule has 48 heavy (non-hydrogen) atoms. The van der Waals surface area contributed by atoms with Crippen molar-refractivity contribution < 1.29 is 27.8 Å². The van der Waals surface area contributed by atoms with Crippen molar-refractivity contribution in [3.63, 3.8) is 0 Å². The number of nitrogens with zero attached hydrogens (tertiary/aromatic N) is 2. The molecular weight excluding hydrogens is 797 g/mol. The molecule has 8 nitrogen and oxygen atoms in total. The van der Waals surface area contributed by atoms with Crippen molar-refractivity contribution in [2.75, 3.05) is 49.3 Å². The van der Waals surface area contributed by atoms with Crippen molar-refractivity contribution >= 4 is 78.5 Å². The van der Waals surface area contributed by atoms with Gasteiger partial charge in [-0.15, -0.1) is 23.2 Å². The standard InChI is InChI=1S/C17H17BrClFN2O2.C9H11BrClNO.C8H6FNO/c1-24-16-10-13(18)5-6-15(16)22(8-7-19)17(23)21-11-12-3-2-4-14(20)9-12;1-13-9-6-7(10)2-3-8(9)12-5-4-11;9-8-3-1-2-7(4-8)5-10-6-11/h2-6,9-10H,7-8,11H2,1H3,(H,21,23);2-3,6,12H,4-5H2,1H3;1-4H,5H2. The number of hydrogen-bond donors (Lipinski definition) is 2. The highest BCUT2D eigenvalue weighted by Gasteiger charge is 2.19. The van der Waals surface area contributed by atoms with Crippen molar-refractivity contribution in [3.05, 3.63) is 117 Å². The van der Waals surface area contributed by atoms with Crippen LogP contribution in [0.15, 0.2) is 98.9 Å². The normalized spacial score (nSPS) is 9.83. The minimum atomic E-state index is -0.339. The van der Waals surface area contributed by atoms with E-state index >= 15 is 0 Å². The Hall–Kier alpha value is -3.67. The summed E-state index contributed by atoms with van der Waals surface area (Å²) in [6, 6.07) is 22.9. The molecule has 0 aliphatic carbocycles. The monoisotopic (exact) mass is 828 g/mol. The fourth-order valence-corrected chi connectivity index (χ4v) is 4.91. The third kappa shape index (κ3) is 14.6. The quantitative estimate of drug-likeness (QED) is 0.0844. The second-order valence-corrected chi connectivity index (χ2v) is 12.0. The highest BCUT2D eigenvalue weighted by Crippen LogP contribution is 2.31. The van der Waals surface area contributed by atoms with Crippen molar-refractivity contribution in [1.29, 1.82) is 0 Å². The lowest BCUT2D eigenvalue weighted by Crippen LogP contribution is -2.41. The molecule has 0 aliphatic heterocycles. The number of nitrogens with one attached hydrogen (secondary N) is 2. The molecule has 0 aliphatic rings. The molecule has 0 unspecified atom stereocenters. The number of carbonyl (C=O) groups is 1. The average Bonchev–Trinajstić information content (AvgIpc) is 3.09. The first-order valence-corrected chi connectivity index (χ1v) is 16.9. The predicted molar refractivity (Wildman–Crippen MR) is 196 cm³/mol. The van der Waals surface area contributed by atoms with Gasteiger partial charge in [-0.3, -0.25) is 4.90 Å². The van der Waals surface area contributed by atoms with Gasteiger partial charge >= 0.3 is 6.03 Å². The van der Waals surface area contributed by atoms with Crippen LogP contribution in [0.3, 0.4) is 0 Å². The van der Waals surface area contributed by atoms with Crippen LogP contribution in [0.1, 0.15) is 11.1 Å². The van der Waals surface area contributed by atoms with E-state index in [2.05, 4.69) is 47.5 Å². The smallest absolute Gasteiger partial charge is 0.322 e. The van der Waals surface area contributed by atoms with E-state index < -0.39 is 0 Å². The number of carbonyl (C=O) groups excluding carboxylic acids is 2. The lowest BCUT2D eigenvalue weighted by atomic mass is 10.2. The third-order valence-electron chi connectivity index (χ3n) is 6.11. The molecule has 0 radical (unpaired) electrons. The van der Waals surface area contributed by atoms with E-state index in [9.17, 15) is 18.4 Å². The summed E-state index contributed by atoms with van der Waals surface area (Å²) in [5.74, 6) is 1.57. The van der Waals surface area contributed by atoms with E-state index in [0.29, 0.717) is 35.0 Å². The highest BCUT2D eigenvalue weighted by atomic mass is 79.9. The number of halogens is 6. The number of rotatable bonds is 12. The number of alkyl halides is 2. The first-order chi connectivity index (χ1) is 23.1. The molecule has 14 heteroatoms. The van der Waals surface area contributed by atoms with E-state index in [4.69, 9.17) is 32.7 Å². The molecule has 0 bridgehead atoms. The van der Waals surface area contributed by atoms with Gasteiger partial charge in [-0.05, 0) is 71.8 Å². The Bertz CT molecular complexity index is 1650. The number of amides is 2. The topological polar surface area (TPSA) is 92.3 Å². The van der Waals surface area contributed by atoms with Crippen LogP contribution in [0.2, 0.25) is 0 Å². The van der Waals surface area contributed by atoms with Crippen LogP contribution in [0.25, 0.3) is 0 Å². The van der Waals surface area contributed by atoms with Crippen LogP contribution in [0, 0.1) is 11.6 Å². The molecule has 0 saturated heterocycles. The summed E-state index contributed by atoms with van der Waals surface area (Å²) in [4.78, 5) is 27.0. The fraction of sp³-hybridized carbons (Fsp3) is 0.235. The van der Waals surface area contributed by atoms with E-state index in [-0.39, 0.29) is 36.6 Å². The molecule has 0 atom stereocenters. The minimum Gasteiger partial charge on any atom is -0.495 e. The molecule has 0 spiro atoms. The zero-order valence-electron chi connectivity index (χ0n) is 26.1. The van der Waals surface area contributed by atoms with Crippen molar-refractivity contribution in [2.45, 2.75) is 13.1 Å². The summed E-state index contributed by atoms with van der Waals surface area (Å²) < 4.78 is 38.0. The maximum Gasteiger partial charge on any atom is 0.322 e. The Labute approximate surface area is 305 Å². The van der Waals surface area contributed by atoms with Gasteiger partial charge in [-0.25, -0.2) is 23.4 Å². The van der Waals surface area contributed by atoms with E-state index in [0.717, 1.165) is 26.9 Å². The molecule has 4 rings (SSSR count). The zero-order valence-corrected chi connectivity index (χ0v) is 30.8. The van der Waals surface area contributed by atoms with Crippen LogP contribution in [-0.2, 0) is 17.9 Å². The van der Waals surface area contributed by atoms with Crippen LogP contribution >= 0.6 is 55.1 Å². The number of benzene rings is 4. The van der Waals surface area contributed by atoms with Gasteiger partial charge in [0.1, 0.15) is 23.1 Å². The summed E-state index contributed by atoms with van der Waals surface area (Å²) in [5, 5.41) is 5.93. The van der Waals surface area contributed by atoms with Gasteiger partial charge in [0.25, 0.3) is 0 Å². The van der Waals surface area contributed by atoms with Gasteiger partial charge in [0, 0.05) is 40.3 Å². The first-order valence-electron chi connectivity index (χ1n) is 14.3. The number of anilines is 2. The van der Waals surface area contributed by atoms with Crippen molar-refractivity contribution in [1.82, 2.24) is 5.32 Å². The minimum absolute atomic E-state index is 0.196. The highest BCUT2D eigenvalue weighted by molar-refractivity contribution is 9.10. The van der Waals surface area contributed by atoms with Crippen LogP contribution in [0.5, 0.6) is 11.5 Å². The second-order valence-electron chi connectivity index (χ2n) is 9.44. The number of ether oxygens (including phenoxy) is 2. The first kappa shape index (κ1) is 40.5. The summed E-state index contributed by atoms with van der Waals surface area (Å²) in [6.45, 7) is 1.46. The lowest BCUT2D eigenvalue weighted by molar-refractivity contribution is 0.246. The molecule has 0 heterocycles. The third-order valence-corrected chi connectivity index (χ3v) is 7.45. The van der Waals surface area contributed by atoms with Gasteiger partial charge in [-0.2, -0.15) is 0 Å². The van der Waals surface area contributed by atoms with Gasteiger partial charge in [0.05, 0.1) is 32.1 Å². The van der Waals surface area contributed by atoms with Crippen molar-refractivity contribution in [3.8, 4) is 11.5 Å². The number of hydrogen-bond acceptors (Lipinski definition) is 6. The van der Waals surface area contributed by atoms with E-state index in [1.54, 1.807) is 43.5 Å². The summed E-state index contributed by atoms with van der Waals surface area (Å²) in [5.41, 5.74) is 2.93. The number of isocyanates is 1. The van der Waals surface area contributed by atoms with Crippen molar-refractivity contribution in [2.24, 2.45) is 4.99 Å². The number of methoxy groups -OCH3 is 2. The Morgan fingerprint density at radius 1 is 0.854 bits per heavy atom. The molecule has 0 saturated carbocycles. The molecule has 2 amide bonds. The Balaban J connectivity index is 0.000000279. The van der Waals surface area contributed by atoms with Gasteiger partial charge in [0.15, 0.2) is 0 Å². The number of urea groups is 1. The SMILES string of the molecule is COc1cc(Br)ccc1N(CCCl)C(=O)NCc1cccc(F)c1.COc1cc(Br)ccc1NCCCl.O=C=NCc1cccc(F)c1. The molecule has 0 aromatic heterocycles. The Morgan fingerprint density at radius 2 is 1.46 bits per heavy atom. The largest absolute Gasteiger partial charge is 0.495 e. The fourth-order valence-electron chi connectivity index (χ4n) is 3.96. The summed E-state index contributed by atoms with van der Waals surface area (Å²) >= 11 is 18.1.